The summed E-state index contributed by atoms with van der Waals surface area (Å²) in [6.45, 7) is 0.236. The Balaban J connectivity index is 1.68. The topological polar surface area (TPSA) is 74.7 Å². The second-order valence-corrected chi connectivity index (χ2v) is 8.35. The summed E-state index contributed by atoms with van der Waals surface area (Å²) in [7, 11) is -1.80. The molecule has 5 nitrogen and oxygen atoms in total. The normalized spacial score (nSPS) is 20.1. The van der Waals surface area contributed by atoms with Gasteiger partial charge in [0.25, 0.3) is 0 Å². The Morgan fingerprint density at radius 2 is 1.75 bits per heavy atom. The number of nitrogens with zero attached hydrogens (tertiary/aromatic N) is 1. The van der Waals surface area contributed by atoms with Crippen molar-refractivity contribution in [2.75, 3.05) is 7.05 Å². The summed E-state index contributed by atoms with van der Waals surface area (Å²) in [6, 6.07) is 16.0. The van der Waals surface area contributed by atoms with Crippen LogP contribution >= 0.6 is 0 Å². The van der Waals surface area contributed by atoms with Gasteiger partial charge in [-0.05, 0) is 29.7 Å². The molecule has 6 heteroatoms. The standard InChI is InChI=1S/C18H19NO4S/c1-19(12-13-7-9-15(10-8-13)18(20)21)24(22,23)17-11-16(17)14-5-3-2-4-6-14/h2-10,16-17H,11-12H2,1H3,(H,20,21). The van der Waals surface area contributed by atoms with E-state index in [1.54, 1.807) is 19.2 Å². The van der Waals surface area contributed by atoms with E-state index in [2.05, 4.69) is 0 Å². The van der Waals surface area contributed by atoms with Gasteiger partial charge in [0.15, 0.2) is 0 Å². The van der Waals surface area contributed by atoms with Crippen molar-refractivity contribution in [2.24, 2.45) is 0 Å². The first kappa shape index (κ1) is 16.7. The third-order valence-corrected chi connectivity index (χ3v) is 6.67. The van der Waals surface area contributed by atoms with Crippen molar-refractivity contribution in [3.05, 3.63) is 71.3 Å². The van der Waals surface area contributed by atoms with Gasteiger partial charge in [0.1, 0.15) is 0 Å². The first-order valence-corrected chi connectivity index (χ1v) is 9.22. The van der Waals surface area contributed by atoms with E-state index in [1.165, 1.54) is 16.4 Å². The molecule has 1 N–H and O–H groups in total. The number of carboxylic acids is 1. The number of rotatable bonds is 6. The molecule has 1 aliphatic carbocycles. The highest BCUT2D eigenvalue weighted by molar-refractivity contribution is 7.90. The Hall–Kier alpha value is -2.18. The van der Waals surface area contributed by atoms with Crippen LogP contribution < -0.4 is 0 Å². The van der Waals surface area contributed by atoms with E-state index in [0.717, 1.165) is 11.1 Å². The fraction of sp³-hybridized carbons (Fsp3) is 0.278. The maximum absolute atomic E-state index is 12.7. The predicted molar refractivity (Wildman–Crippen MR) is 91.4 cm³/mol. The minimum Gasteiger partial charge on any atom is -0.478 e. The maximum atomic E-state index is 12.7. The quantitative estimate of drug-likeness (QED) is 0.873. The van der Waals surface area contributed by atoms with Crippen LogP contribution in [-0.2, 0) is 16.6 Å². The summed E-state index contributed by atoms with van der Waals surface area (Å²) in [5.41, 5.74) is 2.02. The summed E-state index contributed by atoms with van der Waals surface area (Å²) in [4.78, 5) is 10.9. The van der Waals surface area contributed by atoms with Crippen LogP contribution in [0.2, 0.25) is 0 Å². The first-order valence-electron chi connectivity index (χ1n) is 7.72. The van der Waals surface area contributed by atoms with Crippen molar-refractivity contribution < 1.29 is 18.3 Å². The number of benzene rings is 2. The minimum absolute atomic E-state index is 0.0630. The molecule has 0 saturated heterocycles. The molecule has 2 atom stereocenters. The molecule has 0 radical (unpaired) electrons. The molecular formula is C18H19NO4S. The summed E-state index contributed by atoms with van der Waals surface area (Å²) in [6.07, 6.45) is 0.647. The lowest BCUT2D eigenvalue weighted by Crippen LogP contribution is -2.30. The van der Waals surface area contributed by atoms with E-state index in [1.807, 2.05) is 30.3 Å². The summed E-state index contributed by atoms with van der Waals surface area (Å²) >= 11 is 0. The van der Waals surface area contributed by atoms with Crippen molar-refractivity contribution >= 4 is 16.0 Å². The van der Waals surface area contributed by atoms with Gasteiger partial charge in [-0.2, -0.15) is 0 Å². The van der Waals surface area contributed by atoms with Crippen LogP contribution in [-0.4, -0.2) is 36.1 Å². The fourth-order valence-electron chi connectivity index (χ4n) is 2.88. The van der Waals surface area contributed by atoms with E-state index in [-0.39, 0.29) is 23.3 Å². The van der Waals surface area contributed by atoms with Gasteiger partial charge >= 0.3 is 5.97 Å². The average Bonchev–Trinajstić information content (AvgIpc) is 3.37. The van der Waals surface area contributed by atoms with Gasteiger partial charge in [-0.3, -0.25) is 0 Å². The van der Waals surface area contributed by atoms with Crippen LogP contribution in [0.1, 0.15) is 33.8 Å². The van der Waals surface area contributed by atoms with Crippen LogP contribution in [0.15, 0.2) is 54.6 Å². The van der Waals surface area contributed by atoms with Crippen LogP contribution in [0.3, 0.4) is 0 Å². The zero-order chi connectivity index (χ0) is 17.3. The molecule has 2 aromatic carbocycles. The smallest absolute Gasteiger partial charge is 0.335 e. The van der Waals surface area contributed by atoms with Crippen LogP contribution in [0.5, 0.6) is 0 Å². The molecule has 0 aromatic heterocycles. The third kappa shape index (κ3) is 3.34. The van der Waals surface area contributed by atoms with Crippen LogP contribution in [0.25, 0.3) is 0 Å². The molecule has 1 aliphatic rings. The van der Waals surface area contributed by atoms with Crippen molar-refractivity contribution in [3.63, 3.8) is 0 Å². The zero-order valence-corrected chi connectivity index (χ0v) is 14.1. The Morgan fingerprint density at radius 1 is 1.12 bits per heavy atom. The summed E-state index contributed by atoms with van der Waals surface area (Å²) < 4.78 is 26.7. The highest BCUT2D eigenvalue weighted by Crippen LogP contribution is 2.46. The molecule has 1 saturated carbocycles. The third-order valence-electron chi connectivity index (χ3n) is 4.38. The van der Waals surface area contributed by atoms with Gasteiger partial charge < -0.3 is 5.11 Å². The Kier molecular flexibility index (Phi) is 4.43. The molecule has 0 bridgehead atoms. The molecule has 0 amide bonds. The van der Waals surface area contributed by atoms with E-state index < -0.39 is 16.0 Å². The lowest BCUT2D eigenvalue weighted by atomic mass is 10.1. The monoisotopic (exact) mass is 345 g/mol. The molecule has 24 heavy (non-hydrogen) atoms. The molecule has 0 spiro atoms. The maximum Gasteiger partial charge on any atom is 0.335 e. The van der Waals surface area contributed by atoms with Gasteiger partial charge in [-0.1, -0.05) is 42.5 Å². The Labute approximate surface area is 141 Å². The Bertz CT molecular complexity index is 831. The molecule has 2 unspecified atom stereocenters. The Morgan fingerprint density at radius 3 is 2.33 bits per heavy atom. The lowest BCUT2D eigenvalue weighted by molar-refractivity contribution is 0.0697. The largest absolute Gasteiger partial charge is 0.478 e. The first-order chi connectivity index (χ1) is 11.4. The molecule has 1 fully saturated rings. The van der Waals surface area contributed by atoms with Gasteiger partial charge in [-0.15, -0.1) is 0 Å². The van der Waals surface area contributed by atoms with Crippen LogP contribution in [0.4, 0.5) is 0 Å². The van der Waals surface area contributed by atoms with E-state index >= 15 is 0 Å². The fourth-order valence-corrected chi connectivity index (χ4v) is 4.70. The minimum atomic E-state index is -3.37. The summed E-state index contributed by atoms with van der Waals surface area (Å²) in [5.74, 6) is -0.931. The molecule has 3 rings (SSSR count). The van der Waals surface area contributed by atoms with Crippen molar-refractivity contribution in [1.29, 1.82) is 0 Å². The predicted octanol–water partition coefficient (Wildman–Crippen LogP) is 2.70. The number of hydrogen-bond donors (Lipinski definition) is 1. The van der Waals surface area contributed by atoms with Crippen molar-refractivity contribution in [3.8, 4) is 0 Å². The molecular weight excluding hydrogens is 326 g/mol. The van der Waals surface area contributed by atoms with Gasteiger partial charge in [0, 0.05) is 19.5 Å². The molecule has 0 heterocycles. The average molecular weight is 345 g/mol. The zero-order valence-electron chi connectivity index (χ0n) is 13.3. The number of carboxylic acid groups (broad SMARTS) is 1. The number of hydrogen-bond acceptors (Lipinski definition) is 3. The SMILES string of the molecule is CN(Cc1ccc(C(=O)O)cc1)S(=O)(=O)C1CC1c1ccccc1. The lowest BCUT2D eigenvalue weighted by Gasteiger charge is -2.17. The molecule has 0 aliphatic heterocycles. The second kappa shape index (κ2) is 6.37. The highest BCUT2D eigenvalue weighted by Gasteiger charge is 2.49. The van der Waals surface area contributed by atoms with E-state index in [9.17, 15) is 13.2 Å². The number of carbonyl (C=O) groups is 1. The van der Waals surface area contributed by atoms with Gasteiger partial charge in [0.2, 0.25) is 10.0 Å². The van der Waals surface area contributed by atoms with Crippen LogP contribution in [0, 0.1) is 0 Å². The summed E-state index contributed by atoms with van der Waals surface area (Å²) in [5, 5.41) is 8.53. The van der Waals surface area contributed by atoms with Crippen molar-refractivity contribution in [2.45, 2.75) is 24.1 Å². The second-order valence-electron chi connectivity index (χ2n) is 6.09. The highest BCUT2D eigenvalue weighted by atomic mass is 32.2. The van der Waals surface area contributed by atoms with Gasteiger partial charge in [0.05, 0.1) is 10.8 Å². The molecule has 126 valence electrons. The number of aromatic carboxylic acids is 1. The number of sulfonamides is 1. The van der Waals surface area contributed by atoms with E-state index in [4.69, 9.17) is 5.11 Å². The van der Waals surface area contributed by atoms with Crippen molar-refractivity contribution in [1.82, 2.24) is 4.31 Å². The van der Waals surface area contributed by atoms with E-state index in [0.29, 0.717) is 6.42 Å². The molecule has 2 aromatic rings. The van der Waals surface area contributed by atoms with Gasteiger partial charge in [-0.25, -0.2) is 17.5 Å².